The summed E-state index contributed by atoms with van der Waals surface area (Å²) in [6, 6.07) is 0. The van der Waals surface area contributed by atoms with E-state index in [1.807, 2.05) is 0 Å². The first-order valence-corrected chi connectivity index (χ1v) is 7.86. The van der Waals surface area contributed by atoms with Gasteiger partial charge in [0.05, 0.1) is 12.9 Å². The van der Waals surface area contributed by atoms with Gasteiger partial charge in [0.15, 0.2) is 5.13 Å². The van der Waals surface area contributed by atoms with Crippen LogP contribution >= 0.6 is 11.3 Å². The normalized spacial score (nSPS) is 12.1. The SMILES string of the molecule is CCOC(=O)C(=NOC)c1csc(NS(C)(=O)=O)n1. The highest BCUT2D eigenvalue weighted by atomic mass is 32.2. The topological polar surface area (TPSA) is 107 Å². The van der Waals surface area contributed by atoms with Gasteiger partial charge in [-0.05, 0) is 6.92 Å². The Morgan fingerprint density at radius 1 is 1.58 bits per heavy atom. The monoisotopic (exact) mass is 307 g/mol. The third-order valence-corrected chi connectivity index (χ3v) is 3.12. The molecule has 0 bridgehead atoms. The van der Waals surface area contributed by atoms with E-state index in [9.17, 15) is 13.2 Å². The van der Waals surface area contributed by atoms with Crippen molar-refractivity contribution in [2.45, 2.75) is 6.92 Å². The molecule has 0 unspecified atom stereocenters. The van der Waals surface area contributed by atoms with E-state index in [0.29, 0.717) is 0 Å². The van der Waals surface area contributed by atoms with Crippen LogP contribution < -0.4 is 4.72 Å². The molecule has 0 aliphatic carbocycles. The second-order valence-electron chi connectivity index (χ2n) is 3.26. The van der Waals surface area contributed by atoms with Gasteiger partial charge in [-0.1, -0.05) is 5.16 Å². The second kappa shape index (κ2) is 6.48. The summed E-state index contributed by atoms with van der Waals surface area (Å²) in [5, 5.41) is 5.14. The van der Waals surface area contributed by atoms with Gasteiger partial charge in [0.25, 0.3) is 0 Å². The summed E-state index contributed by atoms with van der Waals surface area (Å²) in [5.74, 6) is -0.694. The number of aromatic nitrogens is 1. The van der Waals surface area contributed by atoms with Gasteiger partial charge in [0, 0.05) is 5.38 Å². The van der Waals surface area contributed by atoms with Crippen molar-refractivity contribution >= 4 is 38.2 Å². The standard InChI is InChI=1S/C9H13N3O5S2/c1-4-17-8(13)7(11-16-2)6-5-18-9(10-6)12-19(3,14)15/h5H,4H2,1-3H3,(H,10,12). The summed E-state index contributed by atoms with van der Waals surface area (Å²) in [6.45, 7) is 1.83. The lowest BCUT2D eigenvalue weighted by atomic mass is 10.3. The molecule has 10 heteroatoms. The molecule has 1 rings (SSSR count). The Labute approximate surface area is 114 Å². The van der Waals surface area contributed by atoms with E-state index >= 15 is 0 Å². The molecule has 0 radical (unpaired) electrons. The minimum atomic E-state index is -3.42. The van der Waals surface area contributed by atoms with E-state index in [1.54, 1.807) is 6.92 Å². The van der Waals surface area contributed by atoms with Gasteiger partial charge in [0.1, 0.15) is 12.8 Å². The van der Waals surface area contributed by atoms with Crippen LogP contribution in [-0.4, -0.2) is 45.1 Å². The minimum Gasteiger partial charge on any atom is -0.461 e. The van der Waals surface area contributed by atoms with E-state index in [-0.39, 0.29) is 23.1 Å². The van der Waals surface area contributed by atoms with Crippen LogP contribution in [0.4, 0.5) is 5.13 Å². The van der Waals surface area contributed by atoms with Crippen LogP contribution in [0.25, 0.3) is 0 Å². The zero-order valence-corrected chi connectivity index (χ0v) is 12.2. The lowest BCUT2D eigenvalue weighted by Gasteiger charge is -2.02. The molecule has 8 nitrogen and oxygen atoms in total. The van der Waals surface area contributed by atoms with Crippen LogP contribution in [0.1, 0.15) is 12.6 Å². The molecule has 0 fully saturated rings. The zero-order chi connectivity index (χ0) is 14.5. The smallest absolute Gasteiger partial charge is 0.362 e. The third-order valence-electron chi connectivity index (χ3n) is 1.67. The first-order chi connectivity index (χ1) is 8.87. The summed E-state index contributed by atoms with van der Waals surface area (Å²) in [7, 11) is -2.14. The molecule has 0 aromatic carbocycles. The summed E-state index contributed by atoms with van der Waals surface area (Å²) in [5.41, 5.74) is 0.0543. The summed E-state index contributed by atoms with van der Waals surface area (Å²) in [4.78, 5) is 20.1. The highest BCUT2D eigenvalue weighted by molar-refractivity contribution is 7.92. The summed E-state index contributed by atoms with van der Waals surface area (Å²) >= 11 is 1.02. The van der Waals surface area contributed by atoms with Crippen LogP contribution in [0.15, 0.2) is 10.5 Å². The molecule has 1 aromatic heterocycles. The fraction of sp³-hybridized carbons (Fsp3) is 0.444. The van der Waals surface area contributed by atoms with E-state index in [1.165, 1.54) is 12.5 Å². The van der Waals surface area contributed by atoms with Gasteiger partial charge in [-0.2, -0.15) is 0 Å². The molecule has 1 heterocycles. The Hall–Kier alpha value is -1.68. The largest absolute Gasteiger partial charge is 0.461 e. The van der Waals surface area contributed by atoms with Crippen molar-refractivity contribution in [1.29, 1.82) is 0 Å². The van der Waals surface area contributed by atoms with Crippen molar-refractivity contribution in [2.75, 3.05) is 24.7 Å². The lowest BCUT2D eigenvalue weighted by molar-refractivity contribution is -0.135. The molecule has 0 saturated heterocycles. The fourth-order valence-corrected chi connectivity index (χ4v) is 2.62. The Morgan fingerprint density at radius 2 is 2.26 bits per heavy atom. The molecule has 0 saturated carbocycles. The highest BCUT2D eigenvalue weighted by Gasteiger charge is 2.20. The van der Waals surface area contributed by atoms with E-state index in [0.717, 1.165) is 17.6 Å². The number of hydrogen-bond donors (Lipinski definition) is 1. The molecule has 106 valence electrons. The van der Waals surface area contributed by atoms with Crippen LogP contribution in [0.2, 0.25) is 0 Å². The number of thiazole rings is 1. The van der Waals surface area contributed by atoms with Gasteiger partial charge in [0.2, 0.25) is 15.7 Å². The predicted molar refractivity (Wildman–Crippen MR) is 70.8 cm³/mol. The maximum Gasteiger partial charge on any atom is 0.362 e. The number of ether oxygens (including phenoxy) is 1. The number of hydrogen-bond acceptors (Lipinski definition) is 8. The highest BCUT2D eigenvalue weighted by Crippen LogP contribution is 2.17. The van der Waals surface area contributed by atoms with Crippen molar-refractivity contribution in [3.8, 4) is 0 Å². The van der Waals surface area contributed by atoms with Crippen LogP contribution in [0.5, 0.6) is 0 Å². The Morgan fingerprint density at radius 3 is 2.79 bits per heavy atom. The molecule has 0 atom stereocenters. The quantitative estimate of drug-likeness (QED) is 0.464. The molecule has 19 heavy (non-hydrogen) atoms. The van der Waals surface area contributed by atoms with Gasteiger partial charge in [-0.15, -0.1) is 11.3 Å². The zero-order valence-electron chi connectivity index (χ0n) is 10.5. The first kappa shape index (κ1) is 15.4. The molecular formula is C9H13N3O5S2. The summed E-state index contributed by atoms with van der Waals surface area (Å²) < 4.78 is 29.1. The van der Waals surface area contributed by atoms with Crippen molar-refractivity contribution in [3.05, 3.63) is 11.1 Å². The number of nitrogens with zero attached hydrogens (tertiary/aromatic N) is 2. The third kappa shape index (κ3) is 4.83. The van der Waals surface area contributed by atoms with E-state index in [2.05, 4.69) is 19.7 Å². The maximum absolute atomic E-state index is 11.6. The van der Waals surface area contributed by atoms with Gasteiger partial charge in [-0.3, -0.25) is 4.72 Å². The number of rotatable bonds is 6. The average molecular weight is 307 g/mol. The van der Waals surface area contributed by atoms with Gasteiger partial charge >= 0.3 is 5.97 Å². The Kier molecular flexibility index (Phi) is 5.24. The van der Waals surface area contributed by atoms with Crippen molar-refractivity contribution in [3.63, 3.8) is 0 Å². The number of anilines is 1. The number of nitrogens with one attached hydrogen (secondary N) is 1. The first-order valence-electron chi connectivity index (χ1n) is 5.09. The van der Waals surface area contributed by atoms with Crippen LogP contribution in [0, 0.1) is 0 Å². The molecule has 1 aromatic rings. The second-order valence-corrected chi connectivity index (χ2v) is 5.86. The summed E-state index contributed by atoms with van der Waals surface area (Å²) in [6.07, 6.45) is 1.00. The van der Waals surface area contributed by atoms with Gasteiger partial charge < -0.3 is 9.57 Å². The van der Waals surface area contributed by atoms with Crippen molar-refractivity contribution in [2.24, 2.45) is 5.16 Å². The number of oxime groups is 1. The number of sulfonamides is 1. The molecular weight excluding hydrogens is 294 g/mol. The number of carbonyl (C=O) groups is 1. The molecule has 0 aliphatic heterocycles. The molecule has 0 amide bonds. The average Bonchev–Trinajstić information content (AvgIpc) is 2.71. The Bertz CT molecular complexity index is 578. The number of carbonyl (C=O) groups excluding carboxylic acids is 1. The van der Waals surface area contributed by atoms with Crippen LogP contribution in [-0.2, 0) is 24.4 Å². The van der Waals surface area contributed by atoms with Crippen molar-refractivity contribution < 1.29 is 22.8 Å². The lowest BCUT2D eigenvalue weighted by Crippen LogP contribution is -2.19. The van der Waals surface area contributed by atoms with Crippen molar-refractivity contribution in [1.82, 2.24) is 4.98 Å². The van der Waals surface area contributed by atoms with Crippen LogP contribution in [0.3, 0.4) is 0 Å². The van der Waals surface area contributed by atoms with E-state index < -0.39 is 16.0 Å². The number of esters is 1. The predicted octanol–water partition coefficient (Wildman–Crippen LogP) is 0.428. The molecule has 0 spiro atoms. The molecule has 1 N–H and O–H groups in total. The molecule has 0 aliphatic rings. The Balaban J connectivity index is 2.99. The fourth-order valence-electron chi connectivity index (χ4n) is 1.07. The minimum absolute atomic E-state index is 0.123. The van der Waals surface area contributed by atoms with Gasteiger partial charge in [-0.25, -0.2) is 18.2 Å². The van der Waals surface area contributed by atoms with E-state index in [4.69, 9.17) is 4.74 Å². The maximum atomic E-state index is 11.6.